The van der Waals surface area contributed by atoms with Crippen LogP contribution in [-0.2, 0) is 0 Å². The summed E-state index contributed by atoms with van der Waals surface area (Å²) in [5, 5.41) is 8.82. The van der Waals surface area contributed by atoms with Gasteiger partial charge < -0.3 is 4.90 Å². The fourth-order valence-electron chi connectivity index (χ4n) is 2.15. The summed E-state index contributed by atoms with van der Waals surface area (Å²) in [5.74, 6) is 0. The molecule has 0 spiro atoms. The van der Waals surface area contributed by atoms with Gasteiger partial charge in [0.05, 0.1) is 17.3 Å². The van der Waals surface area contributed by atoms with Gasteiger partial charge in [-0.15, -0.1) is 0 Å². The van der Waals surface area contributed by atoms with Crippen molar-refractivity contribution in [1.29, 1.82) is 5.26 Å². The quantitative estimate of drug-likeness (QED) is 0.786. The predicted molar refractivity (Wildman–Crippen MR) is 69.5 cm³/mol. The minimum Gasteiger partial charge on any atom is -0.370 e. The molecule has 0 unspecified atom stereocenters. The molecule has 0 bridgehead atoms. The largest absolute Gasteiger partial charge is 0.370 e. The highest BCUT2D eigenvalue weighted by atomic mass is 79.9. The Morgan fingerprint density at radius 3 is 2.69 bits per heavy atom. The maximum atomic E-state index is 8.82. The van der Waals surface area contributed by atoms with E-state index in [4.69, 9.17) is 5.26 Å². The van der Waals surface area contributed by atoms with E-state index in [1.54, 1.807) is 0 Å². The molecule has 0 N–H and O–H groups in total. The first-order chi connectivity index (χ1) is 7.52. The number of anilines is 1. The van der Waals surface area contributed by atoms with Gasteiger partial charge in [-0.2, -0.15) is 5.26 Å². The second kappa shape index (κ2) is 4.10. The highest BCUT2D eigenvalue weighted by molar-refractivity contribution is 9.10. The van der Waals surface area contributed by atoms with Gasteiger partial charge in [0.1, 0.15) is 0 Å². The van der Waals surface area contributed by atoms with Crippen LogP contribution in [0, 0.1) is 16.7 Å². The van der Waals surface area contributed by atoms with Crippen molar-refractivity contribution in [2.45, 2.75) is 20.3 Å². The molecule has 0 amide bonds. The average molecular weight is 279 g/mol. The van der Waals surface area contributed by atoms with Crippen LogP contribution in [0.3, 0.4) is 0 Å². The van der Waals surface area contributed by atoms with Crippen LogP contribution < -0.4 is 4.90 Å². The zero-order valence-corrected chi connectivity index (χ0v) is 11.2. The second-order valence-electron chi connectivity index (χ2n) is 5.11. The minimum atomic E-state index is 0.396. The number of nitrogens with zero attached hydrogens (tertiary/aromatic N) is 2. The zero-order valence-electron chi connectivity index (χ0n) is 9.63. The maximum absolute atomic E-state index is 8.82. The molecule has 3 heteroatoms. The molecular weight excluding hydrogens is 264 g/mol. The van der Waals surface area contributed by atoms with Crippen molar-refractivity contribution in [1.82, 2.24) is 0 Å². The van der Waals surface area contributed by atoms with Crippen LogP contribution >= 0.6 is 15.9 Å². The average Bonchev–Trinajstić information content (AvgIpc) is 2.58. The number of benzene rings is 1. The van der Waals surface area contributed by atoms with Crippen molar-refractivity contribution in [2.24, 2.45) is 5.41 Å². The minimum absolute atomic E-state index is 0.396. The lowest BCUT2D eigenvalue weighted by Crippen LogP contribution is -2.22. The van der Waals surface area contributed by atoms with Crippen LogP contribution in [0.2, 0.25) is 0 Å². The Morgan fingerprint density at radius 1 is 1.44 bits per heavy atom. The molecular formula is C13H15BrN2. The third-order valence-corrected chi connectivity index (χ3v) is 3.73. The van der Waals surface area contributed by atoms with Crippen LogP contribution in [0.1, 0.15) is 25.8 Å². The number of nitriles is 1. The Bertz CT molecular complexity index is 446. The Morgan fingerprint density at radius 2 is 2.19 bits per heavy atom. The van der Waals surface area contributed by atoms with Gasteiger partial charge in [-0.1, -0.05) is 13.8 Å². The van der Waals surface area contributed by atoms with Gasteiger partial charge >= 0.3 is 0 Å². The Balaban J connectivity index is 2.26. The number of hydrogen-bond acceptors (Lipinski definition) is 2. The predicted octanol–water partition coefficient (Wildman–Crippen LogP) is 3.56. The van der Waals surface area contributed by atoms with Crippen LogP contribution in [0.25, 0.3) is 0 Å². The third kappa shape index (κ3) is 2.22. The smallest absolute Gasteiger partial charge is 0.0992 e. The first-order valence-corrected chi connectivity index (χ1v) is 6.26. The molecule has 2 nitrogen and oxygen atoms in total. The van der Waals surface area contributed by atoms with Crippen molar-refractivity contribution in [3.05, 3.63) is 28.2 Å². The second-order valence-corrected chi connectivity index (χ2v) is 5.97. The van der Waals surface area contributed by atoms with Crippen LogP contribution in [0.5, 0.6) is 0 Å². The summed E-state index contributed by atoms with van der Waals surface area (Å²) in [6.45, 7) is 6.77. The Hall–Kier alpha value is -1.01. The van der Waals surface area contributed by atoms with E-state index in [0.29, 0.717) is 11.0 Å². The maximum Gasteiger partial charge on any atom is 0.0992 e. The normalized spacial score (nSPS) is 18.5. The summed E-state index contributed by atoms with van der Waals surface area (Å²) in [7, 11) is 0. The zero-order chi connectivity index (χ0) is 11.8. The first-order valence-electron chi connectivity index (χ1n) is 5.46. The molecule has 0 atom stereocenters. The lowest BCUT2D eigenvalue weighted by atomic mass is 9.93. The summed E-state index contributed by atoms with van der Waals surface area (Å²) in [6.07, 6.45) is 1.22. The molecule has 1 saturated heterocycles. The number of halogens is 1. The SMILES string of the molecule is CC1(C)CCN(c2ccc(C#N)cc2Br)C1. The van der Waals surface area contributed by atoms with Crippen molar-refractivity contribution >= 4 is 21.6 Å². The van der Waals surface area contributed by atoms with Crippen molar-refractivity contribution in [2.75, 3.05) is 18.0 Å². The summed E-state index contributed by atoms with van der Waals surface area (Å²) in [5.41, 5.74) is 2.30. The third-order valence-electron chi connectivity index (χ3n) is 3.09. The van der Waals surface area contributed by atoms with Gasteiger partial charge in [-0.25, -0.2) is 0 Å². The van der Waals surface area contributed by atoms with E-state index in [9.17, 15) is 0 Å². The number of hydrogen-bond donors (Lipinski definition) is 0. The van der Waals surface area contributed by atoms with Crippen molar-refractivity contribution in [3.8, 4) is 6.07 Å². The van der Waals surface area contributed by atoms with Crippen LogP contribution in [0.4, 0.5) is 5.69 Å². The lowest BCUT2D eigenvalue weighted by molar-refractivity contribution is 0.418. The van der Waals surface area contributed by atoms with Crippen molar-refractivity contribution in [3.63, 3.8) is 0 Å². The Labute approximate surface area is 105 Å². The molecule has 0 aromatic heterocycles. The molecule has 1 aromatic carbocycles. The van der Waals surface area contributed by atoms with Crippen LogP contribution in [-0.4, -0.2) is 13.1 Å². The summed E-state index contributed by atoms with van der Waals surface area (Å²) >= 11 is 3.54. The van der Waals surface area contributed by atoms with Gasteiger partial charge in [0, 0.05) is 17.6 Å². The van der Waals surface area contributed by atoms with E-state index in [2.05, 4.69) is 40.7 Å². The summed E-state index contributed by atoms with van der Waals surface area (Å²) < 4.78 is 1.02. The van der Waals surface area contributed by atoms with E-state index in [1.165, 1.54) is 12.1 Å². The highest BCUT2D eigenvalue weighted by Crippen LogP contribution is 2.36. The number of rotatable bonds is 1. The van der Waals surface area contributed by atoms with E-state index < -0.39 is 0 Å². The molecule has 1 aliphatic rings. The van der Waals surface area contributed by atoms with E-state index >= 15 is 0 Å². The summed E-state index contributed by atoms with van der Waals surface area (Å²) in [6, 6.07) is 7.96. The lowest BCUT2D eigenvalue weighted by Gasteiger charge is -2.22. The monoisotopic (exact) mass is 278 g/mol. The molecule has 2 rings (SSSR count). The van der Waals surface area contributed by atoms with Crippen molar-refractivity contribution < 1.29 is 0 Å². The molecule has 1 fully saturated rings. The van der Waals surface area contributed by atoms with Gasteiger partial charge in [0.25, 0.3) is 0 Å². The standard InChI is InChI=1S/C13H15BrN2/c1-13(2)5-6-16(9-13)12-4-3-10(8-15)7-11(12)14/h3-4,7H,5-6,9H2,1-2H3. The Kier molecular flexibility index (Phi) is 2.94. The molecule has 84 valence electrons. The topological polar surface area (TPSA) is 27.0 Å². The molecule has 0 saturated carbocycles. The molecule has 0 radical (unpaired) electrons. The molecule has 1 aliphatic heterocycles. The fraction of sp³-hybridized carbons (Fsp3) is 0.462. The van der Waals surface area contributed by atoms with E-state index in [0.717, 1.165) is 17.6 Å². The summed E-state index contributed by atoms with van der Waals surface area (Å²) in [4.78, 5) is 2.38. The fourth-order valence-corrected chi connectivity index (χ4v) is 2.78. The molecule has 1 heterocycles. The molecule has 0 aliphatic carbocycles. The first kappa shape index (κ1) is 11.5. The van der Waals surface area contributed by atoms with Crippen LogP contribution in [0.15, 0.2) is 22.7 Å². The van der Waals surface area contributed by atoms with Gasteiger partial charge in [-0.05, 0) is 46.0 Å². The molecule has 1 aromatic rings. The van der Waals surface area contributed by atoms with E-state index in [-0.39, 0.29) is 0 Å². The van der Waals surface area contributed by atoms with Gasteiger partial charge in [0.2, 0.25) is 0 Å². The van der Waals surface area contributed by atoms with Gasteiger partial charge in [-0.3, -0.25) is 0 Å². The van der Waals surface area contributed by atoms with E-state index in [1.807, 2.05) is 18.2 Å². The highest BCUT2D eigenvalue weighted by Gasteiger charge is 2.29. The van der Waals surface area contributed by atoms with Gasteiger partial charge in [0.15, 0.2) is 0 Å². The molecule has 16 heavy (non-hydrogen) atoms.